The summed E-state index contributed by atoms with van der Waals surface area (Å²) >= 11 is 0. The summed E-state index contributed by atoms with van der Waals surface area (Å²) < 4.78 is 10.6. The van der Waals surface area contributed by atoms with Crippen molar-refractivity contribution in [3.05, 3.63) is 35.4 Å². The molecule has 160 valence electrons. The van der Waals surface area contributed by atoms with E-state index in [0.29, 0.717) is 19.7 Å². The molecule has 0 unspecified atom stereocenters. The van der Waals surface area contributed by atoms with E-state index < -0.39 is 0 Å². The van der Waals surface area contributed by atoms with E-state index >= 15 is 0 Å². The van der Waals surface area contributed by atoms with E-state index in [2.05, 4.69) is 23.5 Å². The van der Waals surface area contributed by atoms with E-state index in [0.717, 1.165) is 58.8 Å². The van der Waals surface area contributed by atoms with Gasteiger partial charge in [0.05, 0.1) is 38.8 Å². The number of quaternary nitrogens is 2. The van der Waals surface area contributed by atoms with Gasteiger partial charge in [-0.25, -0.2) is 0 Å². The Morgan fingerprint density at radius 3 is 2.45 bits per heavy atom. The molecule has 3 rings (SSSR count). The maximum Gasteiger partial charge on any atom is 0.309 e. The molecule has 0 aromatic heterocycles. The van der Waals surface area contributed by atoms with Crippen molar-refractivity contribution >= 4 is 11.9 Å². The molecule has 2 aliphatic rings. The second-order valence-electron chi connectivity index (χ2n) is 8.04. The lowest BCUT2D eigenvalue weighted by Crippen LogP contribution is -3.14. The molecule has 2 saturated heterocycles. The minimum absolute atomic E-state index is 0.00340. The average Bonchev–Trinajstić information content (AvgIpc) is 2.74. The lowest BCUT2D eigenvalue weighted by Gasteiger charge is -2.27. The maximum atomic E-state index is 12.5. The topological polar surface area (TPSA) is 73.5 Å². The number of esters is 1. The summed E-state index contributed by atoms with van der Waals surface area (Å²) in [5.41, 5.74) is 2.49. The summed E-state index contributed by atoms with van der Waals surface area (Å²) in [5, 5.41) is 3.09. The van der Waals surface area contributed by atoms with Crippen molar-refractivity contribution in [2.75, 3.05) is 52.5 Å². The molecule has 29 heavy (non-hydrogen) atoms. The Morgan fingerprint density at radius 2 is 1.76 bits per heavy atom. The van der Waals surface area contributed by atoms with E-state index in [1.54, 1.807) is 0 Å². The van der Waals surface area contributed by atoms with Gasteiger partial charge in [-0.15, -0.1) is 0 Å². The number of amides is 1. The fourth-order valence-electron chi connectivity index (χ4n) is 4.19. The van der Waals surface area contributed by atoms with Gasteiger partial charge in [0.25, 0.3) is 5.91 Å². The molecule has 3 N–H and O–H groups in total. The van der Waals surface area contributed by atoms with Gasteiger partial charge in [0.15, 0.2) is 6.54 Å². The van der Waals surface area contributed by atoms with Crippen molar-refractivity contribution in [3.8, 4) is 0 Å². The number of morpholine rings is 1. The first-order valence-corrected chi connectivity index (χ1v) is 10.9. The van der Waals surface area contributed by atoms with Crippen LogP contribution in [0.25, 0.3) is 0 Å². The summed E-state index contributed by atoms with van der Waals surface area (Å²) in [6, 6.07) is 8.37. The first kappa shape index (κ1) is 21.7. The number of hydrogen-bond donors (Lipinski definition) is 3. The quantitative estimate of drug-likeness (QED) is 0.464. The summed E-state index contributed by atoms with van der Waals surface area (Å²) in [4.78, 5) is 27.1. The number of piperidine rings is 1. The smallest absolute Gasteiger partial charge is 0.309 e. The van der Waals surface area contributed by atoms with Crippen molar-refractivity contribution in [1.82, 2.24) is 5.32 Å². The predicted molar refractivity (Wildman–Crippen MR) is 108 cm³/mol. The maximum absolute atomic E-state index is 12.5. The van der Waals surface area contributed by atoms with E-state index in [4.69, 9.17) is 9.47 Å². The van der Waals surface area contributed by atoms with Crippen LogP contribution in [0.2, 0.25) is 0 Å². The third kappa shape index (κ3) is 6.80. The van der Waals surface area contributed by atoms with Gasteiger partial charge in [-0.3, -0.25) is 9.59 Å². The first-order valence-electron chi connectivity index (χ1n) is 10.9. The Labute approximate surface area is 173 Å². The monoisotopic (exact) mass is 405 g/mol. The molecule has 1 aromatic rings. The highest BCUT2D eigenvalue weighted by molar-refractivity contribution is 5.77. The highest BCUT2D eigenvalue weighted by Crippen LogP contribution is 2.11. The second kappa shape index (κ2) is 11.3. The molecule has 1 amide bonds. The number of nitrogens with one attached hydrogen (secondary N) is 3. The van der Waals surface area contributed by atoms with E-state index in [-0.39, 0.29) is 17.8 Å². The summed E-state index contributed by atoms with van der Waals surface area (Å²) in [6.07, 6.45) is 1.60. The van der Waals surface area contributed by atoms with Gasteiger partial charge < -0.3 is 24.6 Å². The number of ether oxygens (including phenoxy) is 2. The van der Waals surface area contributed by atoms with Crippen molar-refractivity contribution in [1.29, 1.82) is 0 Å². The van der Waals surface area contributed by atoms with Crippen LogP contribution in [0.1, 0.15) is 30.9 Å². The summed E-state index contributed by atoms with van der Waals surface area (Å²) in [6.45, 7) is 9.67. The lowest BCUT2D eigenvalue weighted by molar-refractivity contribution is -0.921. The Balaban J connectivity index is 1.42. The van der Waals surface area contributed by atoms with Crippen LogP contribution in [0.15, 0.2) is 24.3 Å². The molecule has 2 aliphatic heterocycles. The van der Waals surface area contributed by atoms with Crippen LogP contribution < -0.4 is 15.1 Å². The van der Waals surface area contributed by atoms with Crippen LogP contribution >= 0.6 is 0 Å². The first-order chi connectivity index (χ1) is 14.2. The van der Waals surface area contributed by atoms with Crippen molar-refractivity contribution in [2.24, 2.45) is 5.92 Å². The van der Waals surface area contributed by atoms with E-state index in [1.165, 1.54) is 20.9 Å². The van der Waals surface area contributed by atoms with Gasteiger partial charge in [0.1, 0.15) is 19.6 Å². The molecule has 2 fully saturated rings. The van der Waals surface area contributed by atoms with E-state index in [1.807, 2.05) is 13.0 Å². The largest absolute Gasteiger partial charge is 0.466 e. The number of carbonyl (C=O) groups is 2. The molecule has 7 heteroatoms. The van der Waals surface area contributed by atoms with Gasteiger partial charge in [-0.2, -0.15) is 0 Å². The third-order valence-corrected chi connectivity index (χ3v) is 5.96. The second-order valence-corrected chi connectivity index (χ2v) is 8.04. The highest BCUT2D eigenvalue weighted by atomic mass is 16.5. The zero-order valence-electron chi connectivity index (χ0n) is 17.5. The Morgan fingerprint density at radius 1 is 1.07 bits per heavy atom. The third-order valence-electron chi connectivity index (χ3n) is 5.96. The van der Waals surface area contributed by atoms with E-state index in [9.17, 15) is 9.59 Å². The molecular weight excluding hydrogens is 370 g/mol. The van der Waals surface area contributed by atoms with Crippen LogP contribution in [0.4, 0.5) is 0 Å². The standard InChI is InChI=1S/C22H33N3O4/c1-2-29-22(27)18-7-9-24(10-8-18)17-21(26)23-15-19-5-3-4-6-20(19)16-25-11-13-28-14-12-25/h3-6,18H,2,7-17H2,1H3,(H,23,26)/p+2. The SMILES string of the molecule is CCOC(=O)C1CC[NH+](CC(=O)NCc2ccccc2C[NH+]2CCOCC2)CC1. The minimum Gasteiger partial charge on any atom is -0.466 e. The van der Waals surface area contributed by atoms with Crippen LogP contribution in [-0.4, -0.2) is 64.4 Å². The fraction of sp³-hybridized carbons (Fsp3) is 0.636. The molecular formula is C22H35N3O4+2. The van der Waals surface area contributed by atoms with Crippen LogP contribution in [0.5, 0.6) is 0 Å². The molecule has 0 radical (unpaired) electrons. The van der Waals surface area contributed by atoms with Gasteiger partial charge in [-0.05, 0) is 12.5 Å². The lowest BCUT2D eigenvalue weighted by atomic mass is 9.97. The van der Waals surface area contributed by atoms with Gasteiger partial charge in [-0.1, -0.05) is 24.3 Å². The van der Waals surface area contributed by atoms with Gasteiger partial charge in [0, 0.05) is 24.9 Å². The molecule has 0 saturated carbocycles. The number of likely N-dealkylation sites (tertiary alicyclic amines) is 1. The average molecular weight is 406 g/mol. The summed E-state index contributed by atoms with van der Waals surface area (Å²) in [7, 11) is 0. The Kier molecular flexibility index (Phi) is 8.46. The highest BCUT2D eigenvalue weighted by Gasteiger charge is 2.29. The number of rotatable bonds is 8. The number of benzene rings is 1. The number of carbonyl (C=O) groups excluding carboxylic acids is 2. The predicted octanol–water partition coefficient (Wildman–Crippen LogP) is -1.42. The summed E-state index contributed by atoms with van der Waals surface area (Å²) in [5.74, 6) is -0.0190. The van der Waals surface area contributed by atoms with Crippen molar-refractivity contribution in [3.63, 3.8) is 0 Å². The normalized spacial score (nSPS) is 22.8. The molecule has 0 atom stereocenters. The zero-order chi connectivity index (χ0) is 20.5. The van der Waals surface area contributed by atoms with Crippen LogP contribution in [-0.2, 0) is 32.2 Å². The molecule has 1 aromatic carbocycles. The molecule has 0 aliphatic carbocycles. The van der Waals surface area contributed by atoms with Gasteiger partial charge in [0.2, 0.25) is 0 Å². The molecule has 0 spiro atoms. The van der Waals surface area contributed by atoms with Gasteiger partial charge >= 0.3 is 5.97 Å². The zero-order valence-corrected chi connectivity index (χ0v) is 17.5. The van der Waals surface area contributed by atoms with Crippen molar-refractivity contribution < 1.29 is 28.9 Å². The van der Waals surface area contributed by atoms with Crippen molar-refractivity contribution in [2.45, 2.75) is 32.9 Å². The van der Waals surface area contributed by atoms with Crippen LogP contribution in [0, 0.1) is 5.92 Å². The minimum atomic E-state index is -0.0880. The number of hydrogen-bond acceptors (Lipinski definition) is 4. The molecule has 7 nitrogen and oxygen atoms in total. The molecule has 2 heterocycles. The Hall–Kier alpha value is -1.96. The molecule has 0 bridgehead atoms. The Bertz CT molecular complexity index is 668. The fourth-order valence-corrected chi connectivity index (χ4v) is 4.19. The van der Waals surface area contributed by atoms with Crippen LogP contribution in [0.3, 0.4) is 0 Å².